The molecule has 8 heteroatoms. The van der Waals surface area contributed by atoms with Crippen LogP contribution in [0.25, 0.3) is 0 Å². The Kier molecular flexibility index (Phi) is 9.02. The van der Waals surface area contributed by atoms with Gasteiger partial charge in [0.15, 0.2) is 12.1 Å². The lowest BCUT2D eigenvalue weighted by Gasteiger charge is -2.31. The first-order valence-corrected chi connectivity index (χ1v) is 5.85. The molecule has 2 atom stereocenters. The number of methoxy groups -OCH3 is 2. The van der Waals surface area contributed by atoms with E-state index in [0.717, 1.165) is 0 Å². The molecule has 0 bridgehead atoms. The van der Waals surface area contributed by atoms with E-state index in [9.17, 15) is 4.79 Å². The van der Waals surface area contributed by atoms with Crippen molar-refractivity contribution in [3.63, 3.8) is 0 Å². The Morgan fingerprint density at radius 3 is 2.79 bits per heavy atom. The van der Waals surface area contributed by atoms with Crippen molar-refractivity contribution in [2.45, 2.75) is 19.1 Å². The smallest absolute Gasteiger partial charge is 0.336 e. The highest BCUT2D eigenvalue weighted by Gasteiger charge is 2.20. The zero-order valence-electron chi connectivity index (χ0n) is 11.5. The Bertz CT molecular complexity index is 314. The summed E-state index contributed by atoms with van der Waals surface area (Å²) in [5.74, 6) is -0.0551. The third-order valence-electron chi connectivity index (χ3n) is 2.73. The molecule has 0 amide bonds. The summed E-state index contributed by atoms with van der Waals surface area (Å²) in [7, 11) is 2.75. The first-order chi connectivity index (χ1) is 8.58. The van der Waals surface area contributed by atoms with Crippen molar-refractivity contribution in [3.05, 3.63) is 0 Å². The molecule has 1 saturated heterocycles. The third-order valence-corrected chi connectivity index (χ3v) is 2.73. The molecule has 1 aliphatic rings. The number of hydrogen-bond donors (Lipinski definition) is 1. The van der Waals surface area contributed by atoms with Gasteiger partial charge in [0.05, 0.1) is 26.4 Å². The van der Waals surface area contributed by atoms with Crippen LogP contribution in [0, 0.1) is 0 Å². The first-order valence-electron chi connectivity index (χ1n) is 5.85. The maximum Gasteiger partial charge on any atom is 0.336 e. The van der Waals surface area contributed by atoms with E-state index in [4.69, 9.17) is 15.2 Å². The van der Waals surface area contributed by atoms with Gasteiger partial charge in [0, 0.05) is 20.2 Å². The Morgan fingerprint density at radius 1 is 1.58 bits per heavy atom. The molecule has 0 saturated carbocycles. The van der Waals surface area contributed by atoms with Crippen molar-refractivity contribution in [2.24, 2.45) is 10.7 Å². The van der Waals surface area contributed by atoms with Crippen LogP contribution >= 0.6 is 24.0 Å². The minimum Gasteiger partial charge on any atom is -0.467 e. The predicted molar refractivity (Wildman–Crippen MR) is 81.7 cm³/mol. The largest absolute Gasteiger partial charge is 0.467 e. The minimum absolute atomic E-state index is 0. The molecule has 19 heavy (non-hydrogen) atoms. The van der Waals surface area contributed by atoms with E-state index in [1.165, 1.54) is 14.2 Å². The third kappa shape index (κ3) is 5.91. The van der Waals surface area contributed by atoms with E-state index in [0.29, 0.717) is 25.7 Å². The van der Waals surface area contributed by atoms with E-state index >= 15 is 0 Å². The van der Waals surface area contributed by atoms with Crippen LogP contribution in [0.1, 0.15) is 6.92 Å². The maximum absolute atomic E-state index is 11.3. The SMILES string of the molecule is COC(=O)C(CN=C(N)N1CCOC(C)C1)OC.I. The lowest BCUT2D eigenvalue weighted by molar-refractivity contribution is -0.151. The fourth-order valence-corrected chi connectivity index (χ4v) is 1.68. The van der Waals surface area contributed by atoms with Crippen LogP contribution in [0.3, 0.4) is 0 Å². The average Bonchev–Trinajstić information content (AvgIpc) is 2.38. The lowest BCUT2D eigenvalue weighted by Crippen LogP contribution is -2.48. The van der Waals surface area contributed by atoms with Crippen molar-refractivity contribution < 1.29 is 19.0 Å². The van der Waals surface area contributed by atoms with Gasteiger partial charge in [-0.15, -0.1) is 24.0 Å². The second-order valence-corrected chi connectivity index (χ2v) is 4.07. The summed E-state index contributed by atoms with van der Waals surface area (Å²) in [6, 6.07) is 0. The number of rotatable bonds is 4. The average molecular weight is 387 g/mol. The monoisotopic (exact) mass is 387 g/mol. The molecular formula is C11H22IN3O4. The van der Waals surface area contributed by atoms with Gasteiger partial charge in [0.25, 0.3) is 0 Å². The topological polar surface area (TPSA) is 86.4 Å². The molecule has 1 aliphatic heterocycles. The van der Waals surface area contributed by atoms with Gasteiger partial charge in [-0.25, -0.2) is 9.79 Å². The lowest BCUT2D eigenvalue weighted by atomic mass is 10.3. The highest BCUT2D eigenvalue weighted by molar-refractivity contribution is 14.0. The first kappa shape index (κ1) is 18.4. The molecule has 0 aromatic carbocycles. The normalized spacial score (nSPS) is 21.5. The molecule has 0 aromatic rings. The Morgan fingerprint density at radius 2 is 2.26 bits per heavy atom. The van der Waals surface area contributed by atoms with Crippen LogP contribution in [0.2, 0.25) is 0 Å². The minimum atomic E-state index is -0.716. The molecule has 7 nitrogen and oxygen atoms in total. The van der Waals surface area contributed by atoms with Crippen LogP contribution in [-0.2, 0) is 19.0 Å². The number of carbonyl (C=O) groups excluding carboxylic acids is 1. The fourth-order valence-electron chi connectivity index (χ4n) is 1.68. The number of nitrogens with zero attached hydrogens (tertiary/aromatic N) is 2. The van der Waals surface area contributed by atoms with Crippen LogP contribution in [0.15, 0.2) is 4.99 Å². The number of nitrogens with two attached hydrogens (primary N) is 1. The highest BCUT2D eigenvalue weighted by atomic mass is 127. The maximum atomic E-state index is 11.3. The highest BCUT2D eigenvalue weighted by Crippen LogP contribution is 2.04. The van der Waals surface area contributed by atoms with Gasteiger partial charge in [-0.2, -0.15) is 0 Å². The number of morpholine rings is 1. The van der Waals surface area contributed by atoms with Crippen LogP contribution in [0.4, 0.5) is 0 Å². The van der Waals surface area contributed by atoms with Gasteiger partial charge in [-0.1, -0.05) is 0 Å². The molecule has 0 spiro atoms. The van der Waals surface area contributed by atoms with Gasteiger partial charge in [0.2, 0.25) is 0 Å². The molecule has 2 N–H and O–H groups in total. The fraction of sp³-hybridized carbons (Fsp3) is 0.818. The molecule has 0 aliphatic carbocycles. The van der Waals surface area contributed by atoms with Crippen molar-refractivity contribution >= 4 is 35.9 Å². The van der Waals surface area contributed by atoms with Crippen molar-refractivity contribution in [3.8, 4) is 0 Å². The van der Waals surface area contributed by atoms with Gasteiger partial charge >= 0.3 is 5.97 Å². The second-order valence-electron chi connectivity index (χ2n) is 4.07. The molecule has 112 valence electrons. The van der Waals surface area contributed by atoms with E-state index in [-0.39, 0.29) is 36.6 Å². The van der Waals surface area contributed by atoms with Gasteiger partial charge in [-0.3, -0.25) is 0 Å². The number of esters is 1. The van der Waals surface area contributed by atoms with Crippen molar-refractivity contribution in [1.29, 1.82) is 0 Å². The standard InChI is InChI=1S/C11H21N3O4.HI/c1-8-7-14(4-5-18-8)11(12)13-6-9(16-2)10(15)17-3;/h8-9H,4-7H2,1-3H3,(H2,12,13);1H. The van der Waals surface area contributed by atoms with Crippen molar-refractivity contribution in [1.82, 2.24) is 4.90 Å². The quantitative estimate of drug-likeness (QED) is 0.312. The summed E-state index contributed by atoms with van der Waals surface area (Å²) < 4.78 is 15.0. The Labute approximate surface area is 130 Å². The zero-order chi connectivity index (χ0) is 13.5. The van der Waals surface area contributed by atoms with Crippen molar-refractivity contribution in [2.75, 3.05) is 40.5 Å². The number of guanidine groups is 1. The Hall–Kier alpha value is -0.610. The molecule has 0 aromatic heterocycles. The predicted octanol–water partition coefficient (Wildman–Crippen LogP) is -0.172. The molecule has 1 heterocycles. The summed E-state index contributed by atoms with van der Waals surface area (Å²) in [4.78, 5) is 17.4. The number of hydrogen-bond acceptors (Lipinski definition) is 5. The molecule has 2 unspecified atom stereocenters. The van der Waals surface area contributed by atoms with E-state index in [1.807, 2.05) is 11.8 Å². The molecule has 1 fully saturated rings. The van der Waals surface area contributed by atoms with Crippen LogP contribution in [-0.4, -0.2) is 69.5 Å². The summed E-state index contributed by atoms with van der Waals surface area (Å²) in [6.07, 6.45) is -0.585. The van der Waals surface area contributed by atoms with E-state index < -0.39 is 12.1 Å². The van der Waals surface area contributed by atoms with Gasteiger partial charge in [-0.05, 0) is 6.92 Å². The zero-order valence-corrected chi connectivity index (χ0v) is 13.8. The Balaban J connectivity index is 0.00000324. The number of halogens is 1. The van der Waals surface area contributed by atoms with Gasteiger partial charge in [0.1, 0.15) is 0 Å². The summed E-state index contributed by atoms with van der Waals surface area (Å²) in [5, 5.41) is 0. The number of carbonyl (C=O) groups is 1. The van der Waals surface area contributed by atoms with Gasteiger partial charge < -0.3 is 24.8 Å². The molecule has 1 rings (SSSR count). The summed E-state index contributed by atoms with van der Waals surface area (Å²) in [5.41, 5.74) is 5.87. The summed E-state index contributed by atoms with van der Waals surface area (Å²) in [6.45, 7) is 4.16. The summed E-state index contributed by atoms with van der Waals surface area (Å²) >= 11 is 0. The molecule has 0 radical (unpaired) electrons. The molecular weight excluding hydrogens is 365 g/mol. The second kappa shape index (κ2) is 9.32. The van der Waals surface area contributed by atoms with E-state index in [2.05, 4.69) is 9.73 Å². The van der Waals surface area contributed by atoms with Crippen LogP contribution < -0.4 is 5.73 Å². The number of aliphatic imine (C=N–C) groups is 1. The number of ether oxygens (including phenoxy) is 3. The van der Waals surface area contributed by atoms with E-state index in [1.54, 1.807) is 0 Å². The van der Waals surface area contributed by atoms with Crippen LogP contribution in [0.5, 0.6) is 0 Å².